The van der Waals surface area contributed by atoms with E-state index in [9.17, 15) is 4.79 Å². The van der Waals surface area contributed by atoms with Crippen LogP contribution in [0.3, 0.4) is 0 Å². The van der Waals surface area contributed by atoms with Crippen molar-refractivity contribution in [1.29, 1.82) is 0 Å². The van der Waals surface area contributed by atoms with Crippen LogP contribution in [0, 0.1) is 13.8 Å². The van der Waals surface area contributed by atoms with Gasteiger partial charge >= 0.3 is 0 Å². The van der Waals surface area contributed by atoms with E-state index in [1.54, 1.807) is 16.8 Å². The Morgan fingerprint density at radius 3 is 2.73 bits per heavy atom. The Bertz CT molecular complexity index is 1210. The van der Waals surface area contributed by atoms with Crippen molar-refractivity contribution in [2.24, 2.45) is 0 Å². The quantitative estimate of drug-likeness (QED) is 0.418. The van der Waals surface area contributed by atoms with Gasteiger partial charge < -0.3 is 5.32 Å². The maximum atomic E-state index is 12.6. The number of aryl methyl sites for hydroxylation is 4. The summed E-state index contributed by atoms with van der Waals surface area (Å²) in [7, 11) is 0. The fourth-order valence-electron chi connectivity index (χ4n) is 3.34. The van der Waals surface area contributed by atoms with Crippen molar-refractivity contribution in [3.8, 4) is 11.4 Å². The van der Waals surface area contributed by atoms with Crippen molar-refractivity contribution in [1.82, 2.24) is 39.5 Å². The van der Waals surface area contributed by atoms with Crippen LogP contribution in [0.5, 0.6) is 0 Å². The first kappa shape index (κ1) is 20.3. The minimum absolute atomic E-state index is 0.224. The van der Waals surface area contributed by atoms with Crippen LogP contribution in [0.2, 0.25) is 0 Å². The van der Waals surface area contributed by atoms with Gasteiger partial charge in [-0.1, -0.05) is 0 Å². The number of carbonyl (C=O) groups is 1. The number of hydrogen-bond acceptors (Lipinski definition) is 5. The second-order valence-corrected chi connectivity index (χ2v) is 7.93. The van der Waals surface area contributed by atoms with E-state index in [0.717, 1.165) is 46.8 Å². The summed E-state index contributed by atoms with van der Waals surface area (Å²) in [4.78, 5) is 16.9. The van der Waals surface area contributed by atoms with Gasteiger partial charge in [0.1, 0.15) is 5.69 Å². The van der Waals surface area contributed by atoms with Gasteiger partial charge in [-0.15, -0.1) is 0 Å². The molecule has 0 aliphatic heterocycles. The molecule has 10 heteroatoms. The number of rotatable bonds is 7. The molecule has 4 heterocycles. The predicted molar refractivity (Wildman–Crippen MR) is 116 cm³/mol. The van der Waals surface area contributed by atoms with Gasteiger partial charge in [0.15, 0.2) is 11.3 Å². The number of fused-ring (bicyclic) bond motifs is 1. The first-order valence-corrected chi connectivity index (χ1v) is 10.6. The topological polar surface area (TPSA) is 94.9 Å². The van der Waals surface area contributed by atoms with Crippen LogP contribution in [-0.2, 0) is 13.1 Å². The molecular weight excluding hydrogens is 448 g/mol. The Labute approximate surface area is 182 Å². The lowest BCUT2D eigenvalue weighted by Gasteiger charge is -2.05. The predicted octanol–water partition coefficient (Wildman–Crippen LogP) is 3.01. The Balaban J connectivity index is 1.47. The molecule has 4 aromatic heterocycles. The molecule has 0 saturated heterocycles. The lowest BCUT2D eigenvalue weighted by molar-refractivity contribution is 0.0947. The van der Waals surface area contributed by atoms with Crippen LogP contribution < -0.4 is 5.32 Å². The SMILES string of the molecule is CCn1cc(Br)c(-c2ccnc3cc(C(=O)NCCCn4nc(C)cc4C)nn23)n1. The lowest BCUT2D eigenvalue weighted by Crippen LogP contribution is -2.26. The van der Waals surface area contributed by atoms with Gasteiger partial charge in [-0.05, 0) is 55.3 Å². The van der Waals surface area contributed by atoms with Crippen LogP contribution in [0.15, 0.2) is 35.1 Å². The molecule has 30 heavy (non-hydrogen) atoms. The summed E-state index contributed by atoms with van der Waals surface area (Å²) in [6.07, 6.45) is 4.40. The summed E-state index contributed by atoms with van der Waals surface area (Å²) in [5.74, 6) is -0.224. The van der Waals surface area contributed by atoms with Gasteiger partial charge in [-0.3, -0.25) is 14.2 Å². The third-order valence-corrected chi connectivity index (χ3v) is 5.39. The lowest BCUT2D eigenvalue weighted by atomic mass is 10.3. The molecule has 0 bridgehead atoms. The van der Waals surface area contributed by atoms with Gasteiger partial charge in [0.25, 0.3) is 5.91 Å². The summed E-state index contributed by atoms with van der Waals surface area (Å²) in [5, 5.41) is 16.4. The number of carbonyl (C=O) groups excluding carboxylic acids is 1. The van der Waals surface area contributed by atoms with Gasteiger partial charge in [-0.2, -0.15) is 15.3 Å². The molecule has 0 aromatic carbocycles. The number of amides is 1. The molecule has 0 unspecified atom stereocenters. The fourth-order valence-corrected chi connectivity index (χ4v) is 3.86. The van der Waals surface area contributed by atoms with Crippen molar-refractivity contribution < 1.29 is 4.79 Å². The minimum atomic E-state index is -0.224. The third kappa shape index (κ3) is 4.00. The summed E-state index contributed by atoms with van der Waals surface area (Å²) < 4.78 is 6.31. The van der Waals surface area contributed by atoms with E-state index < -0.39 is 0 Å². The Hall–Kier alpha value is -3.01. The van der Waals surface area contributed by atoms with Gasteiger partial charge in [0, 0.05) is 43.8 Å². The molecule has 1 N–H and O–H groups in total. The van der Waals surface area contributed by atoms with Crippen molar-refractivity contribution >= 4 is 27.5 Å². The molecule has 9 nitrogen and oxygen atoms in total. The number of nitrogens with one attached hydrogen (secondary N) is 1. The van der Waals surface area contributed by atoms with Gasteiger partial charge in [-0.25, -0.2) is 9.50 Å². The summed E-state index contributed by atoms with van der Waals surface area (Å²) in [5.41, 5.74) is 4.56. The van der Waals surface area contributed by atoms with Crippen LogP contribution in [0.4, 0.5) is 0 Å². The minimum Gasteiger partial charge on any atom is -0.351 e. The highest BCUT2D eigenvalue weighted by Crippen LogP contribution is 2.26. The smallest absolute Gasteiger partial charge is 0.271 e. The van der Waals surface area contributed by atoms with E-state index in [1.165, 1.54) is 0 Å². The van der Waals surface area contributed by atoms with E-state index in [2.05, 4.69) is 41.5 Å². The second kappa shape index (κ2) is 8.39. The molecule has 4 aromatic rings. The zero-order valence-corrected chi connectivity index (χ0v) is 18.7. The van der Waals surface area contributed by atoms with Crippen LogP contribution in [-0.4, -0.2) is 46.6 Å². The number of nitrogens with zero attached hydrogens (tertiary/aromatic N) is 7. The molecular formula is C20H23BrN8O. The van der Waals surface area contributed by atoms with Crippen LogP contribution in [0.1, 0.15) is 35.2 Å². The maximum Gasteiger partial charge on any atom is 0.271 e. The Kier molecular flexibility index (Phi) is 5.67. The molecule has 0 radical (unpaired) electrons. The first-order chi connectivity index (χ1) is 14.5. The van der Waals surface area contributed by atoms with Crippen molar-refractivity contribution in [2.45, 2.75) is 40.3 Å². The van der Waals surface area contributed by atoms with E-state index >= 15 is 0 Å². The highest BCUT2D eigenvalue weighted by molar-refractivity contribution is 9.10. The van der Waals surface area contributed by atoms with E-state index in [-0.39, 0.29) is 5.91 Å². The molecule has 4 rings (SSSR count). The molecule has 0 aliphatic rings. The van der Waals surface area contributed by atoms with Gasteiger partial charge in [0.2, 0.25) is 0 Å². The maximum absolute atomic E-state index is 12.6. The number of aromatic nitrogens is 7. The van der Waals surface area contributed by atoms with E-state index in [1.807, 2.05) is 48.5 Å². The first-order valence-electron chi connectivity index (χ1n) is 9.83. The molecule has 0 fully saturated rings. The molecule has 0 aliphatic carbocycles. The zero-order chi connectivity index (χ0) is 21.3. The Morgan fingerprint density at radius 1 is 1.20 bits per heavy atom. The van der Waals surface area contributed by atoms with Crippen molar-refractivity contribution in [3.05, 3.63) is 52.1 Å². The summed E-state index contributed by atoms with van der Waals surface area (Å²) in [6, 6.07) is 5.56. The molecule has 156 valence electrons. The normalized spacial score (nSPS) is 11.3. The van der Waals surface area contributed by atoms with Crippen molar-refractivity contribution in [2.75, 3.05) is 6.54 Å². The summed E-state index contributed by atoms with van der Waals surface area (Å²) in [6.45, 7) is 8.08. The highest BCUT2D eigenvalue weighted by Gasteiger charge is 2.17. The molecule has 0 atom stereocenters. The standard InChI is InChI=1S/C20H23BrN8O/c1-4-27-12-15(21)19(26-27)17-6-8-22-18-11-16(25-29(17)18)20(30)23-7-5-9-28-14(3)10-13(2)24-28/h6,8,10-12H,4-5,7,9H2,1-3H3,(H,23,30). The van der Waals surface area contributed by atoms with Gasteiger partial charge in [0.05, 0.1) is 15.9 Å². The van der Waals surface area contributed by atoms with E-state index in [0.29, 0.717) is 17.9 Å². The number of hydrogen-bond donors (Lipinski definition) is 1. The third-order valence-electron chi connectivity index (χ3n) is 4.81. The van der Waals surface area contributed by atoms with E-state index in [4.69, 9.17) is 0 Å². The largest absolute Gasteiger partial charge is 0.351 e. The molecule has 0 saturated carbocycles. The molecule has 0 spiro atoms. The zero-order valence-electron chi connectivity index (χ0n) is 17.1. The Morgan fingerprint density at radius 2 is 2.03 bits per heavy atom. The van der Waals surface area contributed by atoms with Crippen molar-refractivity contribution in [3.63, 3.8) is 0 Å². The average Bonchev–Trinajstić information content (AvgIpc) is 3.41. The average molecular weight is 471 g/mol. The monoisotopic (exact) mass is 470 g/mol. The van der Waals surface area contributed by atoms with Crippen LogP contribution in [0.25, 0.3) is 17.0 Å². The second-order valence-electron chi connectivity index (χ2n) is 7.07. The highest BCUT2D eigenvalue weighted by atomic mass is 79.9. The fraction of sp³-hybridized carbons (Fsp3) is 0.350. The number of halogens is 1. The van der Waals surface area contributed by atoms with Crippen LogP contribution >= 0.6 is 15.9 Å². The molecule has 1 amide bonds. The summed E-state index contributed by atoms with van der Waals surface area (Å²) >= 11 is 3.55.